The fourth-order valence-electron chi connectivity index (χ4n) is 2.50. The molecule has 0 amide bonds. The molecule has 0 aromatic heterocycles. The molecule has 0 bridgehead atoms. The lowest BCUT2D eigenvalue weighted by Crippen LogP contribution is -2.18. The number of nitrogens with one attached hydrogen (secondary N) is 1. The summed E-state index contributed by atoms with van der Waals surface area (Å²) in [4.78, 5) is 24.6. The predicted octanol–water partition coefficient (Wildman–Crippen LogP) is 4.83. The van der Waals surface area contributed by atoms with E-state index in [4.69, 9.17) is 27.9 Å². The van der Waals surface area contributed by atoms with Crippen molar-refractivity contribution in [3.63, 3.8) is 0 Å². The van der Waals surface area contributed by atoms with E-state index in [0.29, 0.717) is 15.6 Å². The molecule has 1 N–H and O–H groups in total. The second-order valence-electron chi connectivity index (χ2n) is 6.11. The Morgan fingerprint density at radius 2 is 1.40 bits per heavy atom. The minimum Gasteiger partial charge on any atom is -0.454 e. The monoisotopic (exact) mass is 463 g/mol. The van der Waals surface area contributed by atoms with Gasteiger partial charge in [0.15, 0.2) is 12.4 Å². The maximum atomic E-state index is 12.6. The van der Waals surface area contributed by atoms with Crippen LogP contribution < -0.4 is 4.72 Å². The number of hydrogen-bond donors (Lipinski definition) is 1. The van der Waals surface area contributed by atoms with Crippen molar-refractivity contribution in [2.75, 3.05) is 11.3 Å². The molecule has 0 spiro atoms. The Hall–Kier alpha value is -2.87. The fraction of sp³-hybridized carbons (Fsp3) is 0.0476. The molecule has 0 aliphatic heterocycles. The molecule has 30 heavy (non-hydrogen) atoms. The highest BCUT2D eigenvalue weighted by atomic mass is 35.5. The number of sulfonamides is 1. The molecular weight excluding hydrogens is 449 g/mol. The van der Waals surface area contributed by atoms with Crippen molar-refractivity contribution >= 4 is 50.7 Å². The van der Waals surface area contributed by atoms with Gasteiger partial charge in [-0.15, -0.1) is 0 Å². The second-order valence-corrected chi connectivity index (χ2v) is 8.67. The number of Topliss-reactive ketones (excluding diaryl/α,β-unsaturated/α-hetero) is 1. The molecule has 3 aromatic carbocycles. The Morgan fingerprint density at radius 3 is 2.03 bits per heavy atom. The van der Waals surface area contributed by atoms with Crippen molar-refractivity contribution < 1.29 is 22.7 Å². The smallest absolute Gasteiger partial charge is 0.340 e. The van der Waals surface area contributed by atoms with Gasteiger partial charge in [0.05, 0.1) is 16.1 Å². The number of carbonyl (C=O) groups is 2. The van der Waals surface area contributed by atoms with Gasteiger partial charge in [0.25, 0.3) is 10.0 Å². The molecule has 0 aliphatic rings. The normalized spacial score (nSPS) is 11.0. The van der Waals surface area contributed by atoms with Crippen LogP contribution in [-0.2, 0) is 14.8 Å². The molecule has 0 saturated carbocycles. The summed E-state index contributed by atoms with van der Waals surface area (Å²) in [5.74, 6) is -1.26. The van der Waals surface area contributed by atoms with E-state index in [1.54, 1.807) is 24.3 Å². The number of benzene rings is 3. The standard InChI is InChI=1S/C21H15Cl2NO5S/c22-15-7-5-14(6-8-15)20(25)13-29-21(26)18-3-1-2-4-19(18)24-30(27,28)17-11-9-16(23)10-12-17/h1-12,24H,13H2. The average Bonchev–Trinajstić information content (AvgIpc) is 2.72. The lowest BCUT2D eigenvalue weighted by atomic mass is 10.1. The summed E-state index contributed by atoms with van der Waals surface area (Å²) in [5, 5.41) is 0.869. The van der Waals surface area contributed by atoms with Crippen LogP contribution in [0.4, 0.5) is 5.69 Å². The van der Waals surface area contributed by atoms with Crippen LogP contribution in [0.1, 0.15) is 20.7 Å². The third-order valence-electron chi connectivity index (χ3n) is 4.02. The van der Waals surface area contributed by atoms with E-state index in [1.165, 1.54) is 48.5 Å². The van der Waals surface area contributed by atoms with Crippen LogP contribution in [0.3, 0.4) is 0 Å². The minimum atomic E-state index is -3.96. The van der Waals surface area contributed by atoms with Gasteiger partial charge in [-0.05, 0) is 60.7 Å². The topological polar surface area (TPSA) is 89.5 Å². The molecule has 0 radical (unpaired) electrons. The van der Waals surface area contributed by atoms with Gasteiger partial charge in [0, 0.05) is 15.6 Å². The summed E-state index contributed by atoms with van der Waals surface area (Å²) < 4.78 is 32.6. The Bertz CT molecular complexity index is 1180. The molecule has 9 heteroatoms. The van der Waals surface area contributed by atoms with Crippen molar-refractivity contribution in [2.45, 2.75) is 4.90 Å². The summed E-state index contributed by atoms with van der Waals surface area (Å²) in [5.41, 5.74) is 0.333. The molecule has 154 valence electrons. The predicted molar refractivity (Wildman–Crippen MR) is 115 cm³/mol. The number of esters is 1. The van der Waals surface area contributed by atoms with Crippen molar-refractivity contribution in [2.24, 2.45) is 0 Å². The number of rotatable bonds is 7. The Kier molecular flexibility index (Phi) is 6.77. The van der Waals surface area contributed by atoms with Crippen molar-refractivity contribution in [1.29, 1.82) is 0 Å². The number of carbonyl (C=O) groups excluding carboxylic acids is 2. The van der Waals surface area contributed by atoms with Crippen LogP contribution in [0.5, 0.6) is 0 Å². The first kappa shape index (κ1) is 21.8. The molecule has 3 rings (SSSR count). The average molecular weight is 464 g/mol. The minimum absolute atomic E-state index is 0.0204. The van der Waals surface area contributed by atoms with Gasteiger partial charge in [-0.1, -0.05) is 35.3 Å². The van der Waals surface area contributed by atoms with Crippen molar-refractivity contribution in [3.8, 4) is 0 Å². The summed E-state index contributed by atoms with van der Waals surface area (Å²) in [6, 6.07) is 17.7. The van der Waals surface area contributed by atoms with E-state index in [0.717, 1.165) is 0 Å². The molecule has 0 aliphatic carbocycles. The summed E-state index contributed by atoms with van der Waals surface area (Å²) in [6.45, 7) is -0.501. The van der Waals surface area contributed by atoms with E-state index >= 15 is 0 Å². The maximum absolute atomic E-state index is 12.6. The van der Waals surface area contributed by atoms with Crippen LogP contribution in [0, 0.1) is 0 Å². The van der Waals surface area contributed by atoms with E-state index in [1.807, 2.05) is 0 Å². The molecular formula is C21H15Cl2NO5S. The van der Waals surface area contributed by atoms with Crippen LogP contribution in [0.25, 0.3) is 0 Å². The van der Waals surface area contributed by atoms with Gasteiger partial charge < -0.3 is 4.74 Å². The number of para-hydroxylation sites is 1. The first-order valence-electron chi connectivity index (χ1n) is 8.59. The van der Waals surface area contributed by atoms with E-state index in [9.17, 15) is 18.0 Å². The zero-order valence-electron chi connectivity index (χ0n) is 15.3. The number of ketones is 1. The number of hydrogen-bond acceptors (Lipinski definition) is 5. The highest BCUT2D eigenvalue weighted by Gasteiger charge is 2.20. The van der Waals surface area contributed by atoms with Gasteiger partial charge in [0.1, 0.15) is 0 Å². The maximum Gasteiger partial charge on any atom is 0.340 e. The SMILES string of the molecule is O=C(COC(=O)c1ccccc1NS(=O)(=O)c1ccc(Cl)cc1)c1ccc(Cl)cc1. The van der Waals surface area contributed by atoms with E-state index in [-0.39, 0.29) is 16.1 Å². The third-order valence-corrected chi connectivity index (χ3v) is 5.90. The lowest BCUT2D eigenvalue weighted by molar-refractivity contribution is 0.0476. The van der Waals surface area contributed by atoms with Crippen molar-refractivity contribution in [3.05, 3.63) is 94.0 Å². The highest BCUT2D eigenvalue weighted by molar-refractivity contribution is 7.92. The summed E-state index contributed by atoms with van der Waals surface area (Å²) in [7, 11) is -3.96. The zero-order chi connectivity index (χ0) is 21.7. The lowest BCUT2D eigenvalue weighted by Gasteiger charge is -2.12. The molecule has 0 heterocycles. The number of ether oxygens (including phenoxy) is 1. The summed E-state index contributed by atoms with van der Waals surface area (Å²) in [6.07, 6.45) is 0. The number of halogens is 2. The molecule has 0 unspecified atom stereocenters. The largest absolute Gasteiger partial charge is 0.454 e. The van der Waals surface area contributed by atoms with E-state index in [2.05, 4.69) is 4.72 Å². The van der Waals surface area contributed by atoms with Gasteiger partial charge in [0.2, 0.25) is 0 Å². The molecule has 0 atom stereocenters. The number of anilines is 1. The summed E-state index contributed by atoms with van der Waals surface area (Å²) >= 11 is 11.6. The van der Waals surface area contributed by atoms with Crippen molar-refractivity contribution in [1.82, 2.24) is 0 Å². The van der Waals surface area contributed by atoms with Gasteiger partial charge >= 0.3 is 5.97 Å². The Balaban J connectivity index is 1.74. The first-order valence-corrected chi connectivity index (χ1v) is 10.8. The van der Waals surface area contributed by atoms with E-state index < -0.39 is 28.4 Å². The quantitative estimate of drug-likeness (QED) is 0.400. The van der Waals surface area contributed by atoms with Crippen LogP contribution in [0.15, 0.2) is 77.7 Å². The Morgan fingerprint density at radius 1 is 0.833 bits per heavy atom. The fourth-order valence-corrected chi connectivity index (χ4v) is 3.83. The molecule has 3 aromatic rings. The second kappa shape index (κ2) is 9.30. The first-order chi connectivity index (χ1) is 14.3. The highest BCUT2D eigenvalue weighted by Crippen LogP contribution is 2.22. The van der Waals surface area contributed by atoms with Gasteiger partial charge in [-0.25, -0.2) is 13.2 Å². The van der Waals surface area contributed by atoms with Crippen LogP contribution in [0.2, 0.25) is 10.0 Å². The van der Waals surface area contributed by atoms with Gasteiger partial charge in [-0.3, -0.25) is 9.52 Å². The molecule has 0 fully saturated rings. The zero-order valence-corrected chi connectivity index (χ0v) is 17.7. The Labute approximate surface area is 183 Å². The van der Waals surface area contributed by atoms with Gasteiger partial charge in [-0.2, -0.15) is 0 Å². The third kappa shape index (κ3) is 5.38. The molecule has 0 saturated heterocycles. The van der Waals surface area contributed by atoms with Crippen LogP contribution >= 0.6 is 23.2 Å². The molecule has 6 nitrogen and oxygen atoms in total. The van der Waals surface area contributed by atoms with Crippen LogP contribution in [-0.4, -0.2) is 26.8 Å².